The van der Waals surface area contributed by atoms with E-state index in [0.717, 1.165) is 6.54 Å². The molecule has 0 aromatic carbocycles. The maximum absolute atomic E-state index is 3.60. The van der Waals surface area contributed by atoms with Crippen molar-refractivity contribution in [2.24, 2.45) is 5.41 Å². The Hall–Kier alpha value is 0.400. The summed E-state index contributed by atoms with van der Waals surface area (Å²) in [5.41, 5.74) is 0.626. The van der Waals surface area contributed by atoms with Crippen LogP contribution < -0.4 is 0 Å². The van der Waals surface area contributed by atoms with E-state index < -0.39 is 0 Å². The molecule has 0 aromatic rings. The molecule has 0 amide bonds. The molecule has 0 saturated heterocycles. The van der Waals surface area contributed by atoms with Crippen LogP contribution in [0.4, 0.5) is 0 Å². The molecule has 0 N–H and O–H groups in total. The molecule has 0 radical (unpaired) electrons. The molecule has 1 rings (SSSR count). The average Bonchev–Trinajstić information content (AvgIpc) is 2.82. The van der Waals surface area contributed by atoms with Gasteiger partial charge in [-0.25, -0.2) is 0 Å². The van der Waals surface area contributed by atoms with Gasteiger partial charge in [0, 0.05) is 25.0 Å². The second-order valence-electron chi connectivity index (χ2n) is 4.67. The molecular formula is C10H21BrN2. The van der Waals surface area contributed by atoms with Crippen LogP contribution in [0.1, 0.15) is 12.8 Å². The molecule has 3 heteroatoms. The largest absolute Gasteiger partial charge is 0.308 e. The Bertz CT molecular complexity index is 155. The lowest BCUT2D eigenvalue weighted by molar-refractivity contribution is 0.247. The summed E-state index contributed by atoms with van der Waals surface area (Å²) in [6, 6.07) is 0. The predicted octanol–water partition coefficient (Wildman–Crippen LogP) is 1.65. The summed E-state index contributed by atoms with van der Waals surface area (Å²) in [4.78, 5) is 4.69. The van der Waals surface area contributed by atoms with Gasteiger partial charge in [-0.1, -0.05) is 15.9 Å². The number of alkyl halides is 1. The molecular weight excluding hydrogens is 228 g/mol. The van der Waals surface area contributed by atoms with Gasteiger partial charge in [0.1, 0.15) is 0 Å². The van der Waals surface area contributed by atoms with Gasteiger partial charge in [-0.05, 0) is 39.4 Å². The van der Waals surface area contributed by atoms with Crippen LogP contribution in [0.15, 0.2) is 0 Å². The van der Waals surface area contributed by atoms with E-state index in [9.17, 15) is 0 Å². The van der Waals surface area contributed by atoms with E-state index in [2.05, 4.69) is 46.9 Å². The van der Waals surface area contributed by atoms with Gasteiger partial charge in [-0.3, -0.25) is 0 Å². The normalized spacial score (nSPS) is 19.8. The third kappa shape index (κ3) is 3.96. The molecule has 0 aromatic heterocycles. The van der Waals surface area contributed by atoms with Gasteiger partial charge in [0.05, 0.1) is 0 Å². The van der Waals surface area contributed by atoms with E-state index in [1.165, 1.54) is 31.3 Å². The molecule has 1 aliphatic carbocycles. The van der Waals surface area contributed by atoms with Crippen molar-refractivity contribution in [2.75, 3.05) is 46.1 Å². The molecule has 0 aliphatic heterocycles. The van der Waals surface area contributed by atoms with Crippen molar-refractivity contribution >= 4 is 15.9 Å². The van der Waals surface area contributed by atoms with Gasteiger partial charge < -0.3 is 9.80 Å². The van der Waals surface area contributed by atoms with E-state index in [-0.39, 0.29) is 0 Å². The average molecular weight is 249 g/mol. The number of nitrogens with zero attached hydrogens (tertiary/aromatic N) is 2. The zero-order valence-corrected chi connectivity index (χ0v) is 10.6. The minimum absolute atomic E-state index is 0.626. The molecule has 0 bridgehead atoms. The molecule has 78 valence electrons. The van der Waals surface area contributed by atoms with Crippen molar-refractivity contribution < 1.29 is 0 Å². The Labute approximate surface area is 90.4 Å². The van der Waals surface area contributed by atoms with Crippen LogP contribution in [-0.2, 0) is 0 Å². The maximum Gasteiger partial charge on any atom is 0.0106 e. The van der Waals surface area contributed by atoms with Crippen molar-refractivity contribution in [3.05, 3.63) is 0 Å². The first-order valence-corrected chi connectivity index (χ1v) is 6.09. The number of likely N-dealkylation sites (N-methyl/N-ethyl adjacent to an activating group) is 2. The molecule has 1 fully saturated rings. The second kappa shape index (κ2) is 4.76. The zero-order chi connectivity index (χ0) is 9.90. The fraction of sp³-hybridized carbons (Fsp3) is 1.00. The molecule has 0 atom stereocenters. The first-order valence-electron chi connectivity index (χ1n) is 4.97. The van der Waals surface area contributed by atoms with Crippen LogP contribution in [0, 0.1) is 5.41 Å². The number of hydrogen-bond donors (Lipinski definition) is 0. The summed E-state index contributed by atoms with van der Waals surface area (Å²) in [6.07, 6.45) is 2.81. The van der Waals surface area contributed by atoms with Crippen molar-refractivity contribution in [3.63, 3.8) is 0 Å². The number of halogens is 1. The highest BCUT2D eigenvalue weighted by atomic mass is 79.9. The van der Waals surface area contributed by atoms with Crippen LogP contribution in [-0.4, -0.2) is 55.9 Å². The zero-order valence-electron chi connectivity index (χ0n) is 9.02. The van der Waals surface area contributed by atoms with Gasteiger partial charge in [0.25, 0.3) is 0 Å². The lowest BCUT2D eigenvalue weighted by Gasteiger charge is -2.23. The summed E-state index contributed by atoms with van der Waals surface area (Å²) in [5, 5.41) is 1.17. The smallest absolute Gasteiger partial charge is 0.0106 e. The second-order valence-corrected chi connectivity index (χ2v) is 5.24. The van der Waals surface area contributed by atoms with Gasteiger partial charge in [0.2, 0.25) is 0 Å². The Morgan fingerprint density at radius 3 is 2.15 bits per heavy atom. The molecule has 13 heavy (non-hydrogen) atoms. The van der Waals surface area contributed by atoms with E-state index in [0.29, 0.717) is 5.41 Å². The summed E-state index contributed by atoms with van der Waals surface area (Å²) >= 11 is 3.60. The number of hydrogen-bond acceptors (Lipinski definition) is 2. The van der Waals surface area contributed by atoms with E-state index in [1.807, 2.05) is 0 Å². The minimum atomic E-state index is 0.626. The first-order chi connectivity index (χ1) is 6.08. The van der Waals surface area contributed by atoms with Crippen LogP contribution >= 0.6 is 15.9 Å². The highest BCUT2D eigenvalue weighted by Crippen LogP contribution is 2.47. The van der Waals surface area contributed by atoms with Crippen molar-refractivity contribution in [1.29, 1.82) is 0 Å². The lowest BCUT2D eigenvalue weighted by atomic mass is 10.1. The third-order valence-electron chi connectivity index (χ3n) is 2.77. The molecule has 1 saturated carbocycles. The summed E-state index contributed by atoms with van der Waals surface area (Å²) in [5.74, 6) is 0. The Morgan fingerprint density at radius 1 is 1.15 bits per heavy atom. The molecule has 2 nitrogen and oxygen atoms in total. The molecule has 0 unspecified atom stereocenters. The van der Waals surface area contributed by atoms with E-state index in [1.54, 1.807) is 0 Å². The van der Waals surface area contributed by atoms with Gasteiger partial charge in [-0.15, -0.1) is 0 Å². The van der Waals surface area contributed by atoms with Gasteiger partial charge in [0.15, 0.2) is 0 Å². The van der Waals surface area contributed by atoms with Crippen LogP contribution in [0.25, 0.3) is 0 Å². The number of rotatable bonds is 6. The molecule has 0 spiro atoms. The van der Waals surface area contributed by atoms with Gasteiger partial charge >= 0.3 is 0 Å². The summed E-state index contributed by atoms with van der Waals surface area (Å²) < 4.78 is 0. The predicted molar refractivity (Wildman–Crippen MR) is 61.5 cm³/mol. The fourth-order valence-electron chi connectivity index (χ4n) is 1.53. The van der Waals surface area contributed by atoms with E-state index in [4.69, 9.17) is 0 Å². The van der Waals surface area contributed by atoms with Crippen LogP contribution in [0.3, 0.4) is 0 Å². The van der Waals surface area contributed by atoms with Crippen molar-refractivity contribution in [2.45, 2.75) is 12.8 Å². The van der Waals surface area contributed by atoms with E-state index >= 15 is 0 Å². The highest BCUT2D eigenvalue weighted by molar-refractivity contribution is 9.09. The lowest BCUT2D eigenvalue weighted by Crippen LogP contribution is -2.33. The SMILES string of the molecule is CN(C)CCN(C)CC1(CBr)CC1. The van der Waals surface area contributed by atoms with Crippen molar-refractivity contribution in [1.82, 2.24) is 9.80 Å². The molecule has 0 heterocycles. The monoisotopic (exact) mass is 248 g/mol. The van der Waals surface area contributed by atoms with Crippen LogP contribution in [0.2, 0.25) is 0 Å². The topological polar surface area (TPSA) is 6.48 Å². The quantitative estimate of drug-likeness (QED) is 0.660. The van der Waals surface area contributed by atoms with Gasteiger partial charge in [-0.2, -0.15) is 0 Å². The Balaban J connectivity index is 2.14. The Kier molecular flexibility index (Phi) is 4.20. The Morgan fingerprint density at radius 2 is 1.77 bits per heavy atom. The summed E-state index contributed by atoms with van der Waals surface area (Å²) in [6.45, 7) is 3.60. The summed E-state index contributed by atoms with van der Waals surface area (Å²) in [7, 11) is 6.49. The third-order valence-corrected chi connectivity index (χ3v) is 3.96. The maximum atomic E-state index is 3.60. The minimum Gasteiger partial charge on any atom is -0.308 e. The molecule has 1 aliphatic rings. The first kappa shape index (κ1) is 11.5. The highest BCUT2D eigenvalue weighted by Gasteiger charge is 2.41. The van der Waals surface area contributed by atoms with Crippen molar-refractivity contribution in [3.8, 4) is 0 Å². The fourth-order valence-corrected chi connectivity index (χ4v) is 2.27. The standard InChI is InChI=1S/C10H21BrN2/c1-12(2)6-7-13(3)9-10(8-11)4-5-10/h4-9H2,1-3H3. The van der Waals surface area contributed by atoms with Crippen LogP contribution in [0.5, 0.6) is 0 Å².